The maximum Gasteiger partial charge on any atom is 0.202 e. The summed E-state index contributed by atoms with van der Waals surface area (Å²) in [5.41, 5.74) is 0.926. The van der Waals surface area contributed by atoms with Crippen LogP contribution < -0.4 is 37.9 Å². The van der Waals surface area contributed by atoms with Gasteiger partial charge in [-0.3, -0.25) is 19.2 Å². The average Bonchev–Trinajstić information content (AvgIpc) is 3.18. The van der Waals surface area contributed by atoms with Crippen molar-refractivity contribution in [1.82, 2.24) is 0 Å². The molecule has 0 amide bonds. The van der Waals surface area contributed by atoms with Gasteiger partial charge in [-0.15, -0.1) is 0 Å². The minimum Gasteiger partial charge on any atom is -0.496 e. The predicted molar refractivity (Wildman–Crippen MR) is 199 cm³/mol. The number of carbonyl (C=O) groups excluding carboxylic acids is 4. The van der Waals surface area contributed by atoms with Crippen molar-refractivity contribution in [2.75, 3.05) is 56.9 Å². The van der Waals surface area contributed by atoms with Crippen LogP contribution in [0, 0.1) is 0 Å². The molecule has 0 saturated carbocycles. The van der Waals surface area contributed by atoms with Crippen molar-refractivity contribution in [3.05, 3.63) is 79.9 Å². The lowest BCUT2D eigenvalue weighted by Gasteiger charge is -2.30. The lowest BCUT2D eigenvalue weighted by Crippen LogP contribution is -2.27. The van der Waals surface area contributed by atoms with Gasteiger partial charge in [0.2, 0.25) is 11.6 Å². The number of methoxy groups -OCH3 is 8. The van der Waals surface area contributed by atoms with Gasteiger partial charge in [0.25, 0.3) is 0 Å². The fraction of sp³-hybridized carbons (Fsp3) is 0.333. The monoisotopic (exact) mass is 738 g/mol. The molecular formula is C42H42O12. The molecule has 4 aromatic carbocycles. The highest BCUT2D eigenvalue weighted by atomic mass is 16.5. The molecule has 6 rings (SSSR count). The third-order valence-electron chi connectivity index (χ3n) is 10.1. The van der Waals surface area contributed by atoms with Gasteiger partial charge in [-0.2, -0.15) is 0 Å². The fourth-order valence-electron chi connectivity index (χ4n) is 7.80. The van der Waals surface area contributed by atoms with Gasteiger partial charge in [0.1, 0.15) is 46.0 Å². The van der Waals surface area contributed by atoms with Crippen LogP contribution in [0.1, 0.15) is 114 Å². The number of hydrogen-bond acceptors (Lipinski definition) is 12. The van der Waals surface area contributed by atoms with Crippen molar-refractivity contribution in [1.29, 1.82) is 0 Å². The standard InChI is InChI=1S/C42H42O12/c1-17(2)27-21(47-5)13-19-29(41(27)53-11)39(45)33-25(51-9)15-23(49-7)31(35(33)37(19)43)32-24(50-8)16-26(52-10)34-36(32)38(44)20-14-22(48-6)28(18(3)4)42(54-12)30(20)40(34)46/h13-18H,1-12H3. The zero-order chi connectivity index (χ0) is 39.5. The Hall–Kier alpha value is -6.04. The average molecular weight is 739 g/mol. The van der Waals surface area contributed by atoms with Crippen LogP contribution >= 0.6 is 0 Å². The van der Waals surface area contributed by atoms with E-state index >= 15 is 9.59 Å². The molecule has 12 heteroatoms. The van der Waals surface area contributed by atoms with E-state index in [-0.39, 0.29) is 102 Å². The van der Waals surface area contributed by atoms with Crippen molar-refractivity contribution in [3.8, 4) is 57.1 Å². The highest BCUT2D eigenvalue weighted by Crippen LogP contribution is 2.55. The van der Waals surface area contributed by atoms with Gasteiger partial charge in [-0.1, -0.05) is 27.7 Å². The first kappa shape index (κ1) is 37.7. The van der Waals surface area contributed by atoms with Crippen molar-refractivity contribution in [3.63, 3.8) is 0 Å². The molecule has 0 aliphatic heterocycles. The molecular weight excluding hydrogens is 696 g/mol. The van der Waals surface area contributed by atoms with E-state index in [0.29, 0.717) is 22.6 Å². The first-order chi connectivity index (χ1) is 25.8. The maximum absolute atomic E-state index is 15.1. The summed E-state index contributed by atoms with van der Waals surface area (Å²) in [6.45, 7) is 7.68. The molecule has 0 heterocycles. The smallest absolute Gasteiger partial charge is 0.202 e. The topological polar surface area (TPSA) is 142 Å². The van der Waals surface area contributed by atoms with Gasteiger partial charge < -0.3 is 37.9 Å². The molecule has 0 fully saturated rings. The summed E-state index contributed by atoms with van der Waals surface area (Å²) in [5, 5.41) is 0. The van der Waals surface area contributed by atoms with E-state index in [1.807, 2.05) is 27.7 Å². The number of fused-ring (bicyclic) bond motifs is 4. The minimum absolute atomic E-state index is 0.00642. The molecule has 0 atom stereocenters. The predicted octanol–water partition coefficient (Wildman–Crippen LogP) is 7.22. The molecule has 2 aliphatic rings. The zero-order valence-electron chi connectivity index (χ0n) is 32.4. The number of benzene rings is 4. The number of hydrogen-bond donors (Lipinski definition) is 0. The van der Waals surface area contributed by atoms with E-state index in [4.69, 9.17) is 37.9 Å². The van der Waals surface area contributed by atoms with Crippen molar-refractivity contribution >= 4 is 23.1 Å². The second-order valence-corrected chi connectivity index (χ2v) is 13.3. The molecule has 0 unspecified atom stereocenters. The Kier molecular flexibility index (Phi) is 9.83. The summed E-state index contributed by atoms with van der Waals surface area (Å²) in [5.74, 6) is -1.32. The second kappa shape index (κ2) is 14.1. The van der Waals surface area contributed by atoms with Gasteiger partial charge in [0, 0.05) is 56.6 Å². The summed E-state index contributed by atoms with van der Waals surface area (Å²) < 4.78 is 46.3. The molecule has 54 heavy (non-hydrogen) atoms. The van der Waals surface area contributed by atoms with Crippen LogP contribution in [-0.2, 0) is 0 Å². The summed E-state index contributed by atoms with van der Waals surface area (Å²) in [4.78, 5) is 59.8. The molecule has 282 valence electrons. The van der Waals surface area contributed by atoms with Crippen molar-refractivity contribution < 1.29 is 57.1 Å². The van der Waals surface area contributed by atoms with E-state index in [0.717, 1.165) is 0 Å². The third-order valence-corrected chi connectivity index (χ3v) is 10.1. The normalized spacial score (nSPS) is 12.9. The van der Waals surface area contributed by atoms with Gasteiger partial charge in [0.15, 0.2) is 11.6 Å². The van der Waals surface area contributed by atoms with Gasteiger partial charge in [-0.05, 0) is 24.0 Å². The second-order valence-electron chi connectivity index (χ2n) is 13.3. The quantitative estimate of drug-likeness (QED) is 0.132. The van der Waals surface area contributed by atoms with Crippen molar-refractivity contribution in [2.24, 2.45) is 0 Å². The number of ketones is 4. The van der Waals surface area contributed by atoms with Crippen LogP contribution in [0.3, 0.4) is 0 Å². The summed E-state index contributed by atoms with van der Waals surface area (Å²) >= 11 is 0. The molecule has 0 saturated heterocycles. The Bertz CT molecular complexity index is 2140. The minimum atomic E-state index is -0.606. The summed E-state index contributed by atoms with van der Waals surface area (Å²) in [6.07, 6.45) is 0. The van der Waals surface area contributed by atoms with E-state index in [1.165, 1.54) is 81.1 Å². The number of carbonyl (C=O) groups is 4. The Morgan fingerprint density at radius 2 is 0.630 bits per heavy atom. The molecule has 0 N–H and O–H groups in total. The Morgan fingerprint density at radius 1 is 0.333 bits per heavy atom. The van der Waals surface area contributed by atoms with Crippen LogP contribution in [0.2, 0.25) is 0 Å². The maximum atomic E-state index is 15.1. The van der Waals surface area contributed by atoms with E-state index in [2.05, 4.69) is 0 Å². The van der Waals surface area contributed by atoms with E-state index in [1.54, 1.807) is 0 Å². The highest BCUT2D eigenvalue weighted by Gasteiger charge is 2.45. The molecule has 0 radical (unpaired) electrons. The molecule has 2 aliphatic carbocycles. The molecule has 0 aromatic heterocycles. The SMILES string of the molecule is COc1cc(OC)c(-c2c(OC)cc(OC)c3c2C(=O)c2cc(OC)c(C(C)C)c(OC)c2C3=O)c2c1C(=O)c1c(cc(OC)c(C(C)C)c1OC)C2=O. The Morgan fingerprint density at radius 3 is 0.889 bits per heavy atom. The number of rotatable bonds is 11. The molecule has 4 aromatic rings. The molecule has 0 spiro atoms. The van der Waals surface area contributed by atoms with Crippen LogP contribution in [0.15, 0.2) is 24.3 Å². The van der Waals surface area contributed by atoms with Crippen LogP contribution in [0.25, 0.3) is 11.1 Å². The van der Waals surface area contributed by atoms with Gasteiger partial charge in [-0.25, -0.2) is 0 Å². The van der Waals surface area contributed by atoms with Gasteiger partial charge >= 0.3 is 0 Å². The summed E-state index contributed by atoms with van der Waals surface area (Å²) in [6, 6.07) is 5.96. The highest BCUT2D eigenvalue weighted by molar-refractivity contribution is 6.36. The number of ether oxygens (including phenoxy) is 8. The third kappa shape index (κ3) is 5.18. The van der Waals surface area contributed by atoms with Gasteiger partial charge in [0.05, 0.1) is 79.1 Å². The van der Waals surface area contributed by atoms with Crippen LogP contribution in [0.5, 0.6) is 46.0 Å². The zero-order valence-corrected chi connectivity index (χ0v) is 32.4. The fourth-order valence-corrected chi connectivity index (χ4v) is 7.80. The van der Waals surface area contributed by atoms with Crippen molar-refractivity contribution in [2.45, 2.75) is 39.5 Å². The first-order valence-corrected chi connectivity index (χ1v) is 17.2. The largest absolute Gasteiger partial charge is 0.496 e. The van der Waals surface area contributed by atoms with E-state index < -0.39 is 23.1 Å². The Labute approximate surface area is 313 Å². The lowest BCUT2D eigenvalue weighted by molar-refractivity contribution is 0.0972. The molecule has 0 bridgehead atoms. The summed E-state index contributed by atoms with van der Waals surface area (Å²) in [7, 11) is 11.3. The van der Waals surface area contributed by atoms with E-state index in [9.17, 15) is 9.59 Å². The first-order valence-electron chi connectivity index (χ1n) is 17.2. The van der Waals surface area contributed by atoms with Crippen LogP contribution in [0.4, 0.5) is 0 Å². The molecule has 12 nitrogen and oxygen atoms in total. The van der Waals surface area contributed by atoms with Crippen LogP contribution in [-0.4, -0.2) is 80.0 Å². The Balaban J connectivity index is 1.80. The lowest BCUT2D eigenvalue weighted by atomic mass is 9.74.